The summed E-state index contributed by atoms with van der Waals surface area (Å²) in [4.78, 5) is 22.3. The number of benzene rings is 1. The zero-order chi connectivity index (χ0) is 16.4. The summed E-state index contributed by atoms with van der Waals surface area (Å²) in [5.41, 5.74) is 2.44. The molecule has 0 atom stereocenters. The number of nitro groups is 1. The molecule has 3 aromatic rings. The standard InChI is InChI=1S/C17H14N2O4/c1-2-23-17-7-6-12(9-15(17)19(21)22)14-10-13-5-3-4-8-18(13)16(14)11-20/h3-11H,2H2,1H3. The van der Waals surface area contributed by atoms with E-state index >= 15 is 0 Å². The molecule has 116 valence electrons. The maximum absolute atomic E-state index is 11.5. The molecule has 0 saturated heterocycles. The average molecular weight is 310 g/mol. The van der Waals surface area contributed by atoms with Crippen LogP contribution in [-0.2, 0) is 0 Å². The number of hydrogen-bond donors (Lipinski definition) is 0. The Morgan fingerprint density at radius 3 is 2.78 bits per heavy atom. The van der Waals surface area contributed by atoms with Crippen LogP contribution in [0.5, 0.6) is 5.75 Å². The van der Waals surface area contributed by atoms with Crippen molar-refractivity contribution in [1.82, 2.24) is 4.40 Å². The Bertz CT molecular complexity index is 899. The number of hydrogen-bond acceptors (Lipinski definition) is 4. The van der Waals surface area contributed by atoms with Gasteiger partial charge in [-0.25, -0.2) is 0 Å². The van der Waals surface area contributed by atoms with E-state index in [1.807, 2.05) is 24.3 Å². The first-order valence-electron chi connectivity index (χ1n) is 7.12. The normalized spacial score (nSPS) is 10.7. The lowest BCUT2D eigenvalue weighted by atomic mass is 10.1. The Labute approximate surface area is 132 Å². The molecule has 0 aliphatic carbocycles. The van der Waals surface area contributed by atoms with Crippen molar-refractivity contribution < 1.29 is 14.5 Å². The van der Waals surface area contributed by atoms with E-state index < -0.39 is 4.92 Å². The molecular weight excluding hydrogens is 296 g/mol. The topological polar surface area (TPSA) is 73.8 Å². The molecule has 1 aromatic carbocycles. The number of ether oxygens (including phenoxy) is 1. The molecular formula is C17H14N2O4. The summed E-state index contributed by atoms with van der Waals surface area (Å²) in [6.07, 6.45) is 2.54. The summed E-state index contributed by atoms with van der Waals surface area (Å²) in [7, 11) is 0. The SMILES string of the molecule is CCOc1ccc(-c2cc3ccccn3c2C=O)cc1[N+](=O)[O-]. The monoisotopic (exact) mass is 310 g/mol. The van der Waals surface area contributed by atoms with Gasteiger partial charge in [0.25, 0.3) is 0 Å². The molecule has 0 amide bonds. The van der Waals surface area contributed by atoms with Crippen LogP contribution in [0.2, 0.25) is 0 Å². The molecule has 0 bridgehead atoms. The molecule has 0 unspecified atom stereocenters. The second-order valence-corrected chi connectivity index (χ2v) is 4.93. The van der Waals surface area contributed by atoms with Crippen LogP contribution in [0.1, 0.15) is 17.4 Å². The van der Waals surface area contributed by atoms with Crippen LogP contribution in [0, 0.1) is 10.1 Å². The van der Waals surface area contributed by atoms with E-state index in [0.717, 1.165) is 11.8 Å². The highest BCUT2D eigenvalue weighted by Crippen LogP contribution is 2.34. The fourth-order valence-corrected chi connectivity index (χ4v) is 2.60. The van der Waals surface area contributed by atoms with Crippen molar-refractivity contribution in [3.63, 3.8) is 0 Å². The van der Waals surface area contributed by atoms with Gasteiger partial charge in [-0.1, -0.05) is 12.1 Å². The number of aldehydes is 1. The number of carbonyl (C=O) groups is 1. The van der Waals surface area contributed by atoms with Crippen LogP contribution < -0.4 is 4.74 Å². The minimum atomic E-state index is -0.481. The van der Waals surface area contributed by atoms with Crippen molar-refractivity contribution in [2.45, 2.75) is 6.92 Å². The molecule has 6 heteroatoms. The van der Waals surface area contributed by atoms with Crippen LogP contribution in [0.3, 0.4) is 0 Å². The molecule has 2 heterocycles. The lowest BCUT2D eigenvalue weighted by molar-refractivity contribution is -0.385. The van der Waals surface area contributed by atoms with Crippen LogP contribution in [-0.4, -0.2) is 22.2 Å². The van der Waals surface area contributed by atoms with Crippen molar-refractivity contribution in [3.05, 3.63) is 64.5 Å². The maximum atomic E-state index is 11.5. The van der Waals surface area contributed by atoms with Gasteiger partial charge in [-0.15, -0.1) is 0 Å². The smallest absolute Gasteiger partial charge is 0.311 e. The van der Waals surface area contributed by atoms with Gasteiger partial charge in [0.05, 0.1) is 17.2 Å². The minimum Gasteiger partial charge on any atom is -0.487 e. The second-order valence-electron chi connectivity index (χ2n) is 4.93. The fraction of sp³-hybridized carbons (Fsp3) is 0.118. The minimum absolute atomic E-state index is 0.114. The van der Waals surface area contributed by atoms with Crippen LogP contribution >= 0.6 is 0 Å². The van der Waals surface area contributed by atoms with Crippen molar-refractivity contribution in [2.75, 3.05) is 6.61 Å². The molecule has 0 fully saturated rings. The predicted octanol–water partition coefficient (Wildman–Crippen LogP) is 3.73. The first kappa shape index (κ1) is 14.8. The van der Waals surface area contributed by atoms with Gasteiger partial charge in [-0.05, 0) is 36.8 Å². The molecule has 6 nitrogen and oxygen atoms in total. The Morgan fingerprint density at radius 1 is 1.26 bits per heavy atom. The third-order valence-electron chi connectivity index (χ3n) is 3.60. The van der Waals surface area contributed by atoms with Gasteiger partial charge >= 0.3 is 5.69 Å². The van der Waals surface area contributed by atoms with Gasteiger partial charge in [0.2, 0.25) is 0 Å². The molecule has 0 aliphatic rings. The van der Waals surface area contributed by atoms with E-state index in [2.05, 4.69) is 0 Å². The maximum Gasteiger partial charge on any atom is 0.311 e. The Balaban J connectivity index is 2.21. The average Bonchev–Trinajstić information content (AvgIpc) is 2.93. The fourth-order valence-electron chi connectivity index (χ4n) is 2.60. The molecule has 2 aromatic heterocycles. The van der Waals surface area contributed by atoms with E-state index in [1.165, 1.54) is 6.07 Å². The van der Waals surface area contributed by atoms with Crippen molar-refractivity contribution in [1.29, 1.82) is 0 Å². The van der Waals surface area contributed by atoms with Gasteiger partial charge in [0.15, 0.2) is 12.0 Å². The molecule has 23 heavy (non-hydrogen) atoms. The highest BCUT2D eigenvalue weighted by molar-refractivity contribution is 5.90. The van der Waals surface area contributed by atoms with Gasteiger partial charge in [0.1, 0.15) is 0 Å². The number of rotatable bonds is 5. The molecule has 0 N–H and O–H groups in total. The van der Waals surface area contributed by atoms with Crippen molar-refractivity contribution in [3.8, 4) is 16.9 Å². The van der Waals surface area contributed by atoms with E-state index in [0.29, 0.717) is 23.4 Å². The number of aromatic nitrogens is 1. The summed E-state index contributed by atoms with van der Waals surface area (Å²) in [6, 6.07) is 12.1. The van der Waals surface area contributed by atoms with E-state index in [1.54, 1.807) is 29.7 Å². The van der Waals surface area contributed by atoms with Gasteiger partial charge < -0.3 is 9.14 Å². The summed E-state index contributed by atoms with van der Waals surface area (Å²) in [6.45, 7) is 2.11. The van der Waals surface area contributed by atoms with E-state index in [-0.39, 0.29) is 11.4 Å². The van der Waals surface area contributed by atoms with E-state index in [4.69, 9.17) is 4.74 Å². The number of carbonyl (C=O) groups excluding carboxylic acids is 1. The largest absolute Gasteiger partial charge is 0.487 e. The molecule has 3 rings (SSSR count). The predicted molar refractivity (Wildman–Crippen MR) is 86.0 cm³/mol. The highest BCUT2D eigenvalue weighted by atomic mass is 16.6. The second kappa shape index (κ2) is 5.92. The number of fused-ring (bicyclic) bond motifs is 1. The molecule has 0 aliphatic heterocycles. The third-order valence-corrected chi connectivity index (χ3v) is 3.60. The molecule has 0 saturated carbocycles. The number of pyridine rings is 1. The summed E-state index contributed by atoms with van der Waals surface area (Å²) < 4.78 is 7.04. The zero-order valence-electron chi connectivity index (χ0n) is 12.4. The van der Waals surface area contributed by atoms with Crippen LogP contribution in [0.25, 0.3) is 16.6 Å². The van der Waals surface area contributed by atoms with E-state index in [9.17, 15) is 14.9 Å². The Kier molecular flexibility index (Phi) is 3.80. The summed E-state index contributed by atoms with van der Waals surface area (Å²) >= 11 is 0. The van der Waals surface area contributed by atoms with Crippen LogP contribution in [0.15, 0.2) is 48.7 Å². The Hall–Kier alpha value is -3.15. The lowest BCUT2D eigenvalue weighted by Crippen LogP contribution is -1.98. The summed E-state index contributed by atoms with van der Waals surface area (Å²) in [5.74, 6) is 0.220. The van der Waals surface area contributed by atoms with Gasteiger partial charge in [-0.3, -0.25) is 14.9 Å². The first-order chi connectivity index (χ1) is 11.2. The zero-order valence-corrected chi connectivity index (χ0v) is 12.4. The quantitative estimate of drug-likeness (QED) is 0.409. The third kappa shape index (κ3) is 2.55. The Morgan fingerprint density at radius 2 is 2.09 bits per heavy atom. The summed E-state index contributed by atoms with van der Waals surface area (Å²) in [5, 5.41) is 11.3. The number of nitrogens with zero attached hydrogens (tertiary/aromatic N) is 2. The lowest BCUT2D eigenvalue weighted by Gasteiger charge is -2.06. The molecule has 0 spiro atoms. The highest BCUT2D eigenvalue weighted by Gasteiger charge is 2.19. The van der Waals surface area contributed by atoms with Crippen molar-refractivity contribution in [2.24, 2.45) is 0 Å². The molecule has 0 radical (unpaired) electrons. The van der Waals surface area contributed by atoms with Crippen molar-refractivity contribution >= 4 is 17.5 Å². The van der Waals surface area contributed by atoms with Crippen LogP contribution in [0.4, 0.5) is 5.69 Å². The first-order valence-corrected chi connectivity index (χ1v) is 7.12. The number of nitro benzene ring substituents is 1. The van der Waals surface area contributed by atoms with Gasteiger partial charge in [0, 0.05) is 23.3 Å². The van der Waals surface area contributed by atoms with Gasteiger partial charge in [-0.2, -0.15) is 0 Å².